The number of amides is 2. The number of carbonyl (C=O) groups excluding carboxylic acids is 2. The van der Waals surface area contributed by atoms with Gasteiger partial charge in [-0.25, -0.2) is 0 Å². The fourth-order valence-corrected chi connectivity index (χ4v) is 3.31. The summed E-state index contributed by atoms with van der Waals surface area (Å²) in [5.41, 5.74) is 1.80. The van der Waals surface area contributed by atoms with Gasteiger partial charge in [0.15, 0.2) is 6.61 Å². The highest BCUT2D eigenvalue weighted by Crippen LogP contribution is 2.20. The van der Waals surface area contributed by atoms with E-state index in [0.29, 0.717) is 16.5 Å². The Morgan fingerprint density at radius 1 is 1.00 bits per heavy atom. The Kier molecular flexibility index (Phi) is 6.99. The fraction of sp³-hybridized carbons (Fsp3) is 0.364. The van der Waals surface area contributed by atoms with E-state index in [0.717, 1.165) is 31.9 Å². The summed E-state index contributed by atoms with van der Waals surface area (Å²) < 4.78 is 5.45. The number of halogens is 1. The number of benzene rings is 2. The standard InChI is InChI=1S/C22H26ClN3O3/c1-16(2)22(28)26-13-11-25(12-14-26)19-7-5-18(6-8-19)24-21(27)15-29-20-9-3-17(23)4-10-20/h3-10,16H,11-15H2,1-2H3,(H,24,27). The van der Waals surface area contributed by atoms with Crippen LogP contribution in [0.5, 0.6) is 5.75 Å². The third-order valence-corrected chi connectivity index (χ3v) is 5.04. The third-order valence-electron chi connectivity index (χ3n) is 4.79. The maximum Gasteiger partial charge on any atom is 0.262 e. The lowest BCUT2D eigenvalue weighted by Crippen LogP contribution is -2.49. The summed E-state index contributed by atoms with van der Waals surface area (Å²) in [6.07, 6.45) is 0. The number of rotatable bonds is 6. The van der Waals surface area contributed by atoms with Gasteiger partial charge in [-0.15, -0.1) is 0 Å². The number of nitrogens with one attached hydrogen (secondary N) is 1. The lowest BCUT2D eigenvalue weighted by molar-refractivity contribution is -0.134. The van der Waals surface area contributed by atoms with Gasteiger partial charge in [0, 0.05) is 48.5 Å². The highest BCUT2D eigenvalue weighted by Gasteiger charge is 2.22. The number of nitrogens with zero attached hydrogens (tertiary/aromatic N) is 2. The summed E-state index contributed by atoms with van der Waals surface area (Å²) in [5, 5.41) is 3.45. The van der Waals surface area contributed by atoms with Gasteiger partial charge in [0.05, 0.1) is 0 Å². The molecule has 0 radical (unpaired) electrons. The number of carbonyl (C=O) groups is 2. The van der Waals surface area contributed by atoms with Gasteiger partial charge in [0.2, 0.25) is 5.91 Å². The Balaban J connectivity index is 1.47. The highest BCUT2D eigenvalue weighted by atomic mass is 35.5. The van der Waals surface area contributed by atoms with Crippen molar-refractivity contribution in [3.05, 3.63) is 53.6 Å². The van der Waals surface area contributed by atoms with Crippen molar-refractivity contribution in [3.63, 3.8) is 0 Å². The Bertz CT molecular complexity index is 829. The van der Waals surface area contributed by atoms with Crippen molar-refractivity contribution in [2.75, 3.05) is 43.0 Å². The van der Waals surface area contributed by atoms with Crippen LogP contribution >= 0.6 is 11.6 Å². The molecule has 0 spiro atoms. The number of ether oxygens (including phenoxy) is 1. The molecule has 1 aliphatic rings. The predicted molar refractivity (Wildman–Crippen MR) is 116 cm³/mol. The summed E-state index contributed by atoms with van der Waals surface area (Å²) >= 11 is 5.83. The first-order valence-electron chi connectivity index (χ1n) is 9.74. The van der Waals surface area contributed by atoms with E-state index in [1.807, 2.05) is 43.0 Å². The van der Waals surface area contributed by atoms with Gasteiger partial charge in [-0.3, -0.25) is 9.59 Å². The van der Waals surface area contributed by atoms with Crippen LogP contribution in [0.2, 0.25) is 5.02 Å². The van der Waals surface area contributed by atoms with Crippen LogP contribution < -0.4 is 15.0 Å². The molecule has 0 saturated carbocycles. The van der Waals surface area contributed by atoms with Gasteiger partial charge in [0.1, 0.15) is 5.75 Å². The second kappa shape index (κ2) is 9.65. The van der Waals surface area contributed by atoms with Crippen LogP contribution in [-0.4, -0.2) is 49.5 Å². The predicted octanol–water partition coefficient (Wildman–Crippen LogP) is 3.66. The zero-order valence-corrected chi connectivity index (χ0v) is 17.5. The van der Waals surface area contributed by atoms with Crippen molar-refractivity contribution in [2.24, 2.45) is 5.92 Å². The number of hydrogen-bond donors (Lipinski definition) is 1. The minimum atomic E-state index is -0.228. The Morgan fingerprint density at radius 2 is 1.62 bits per heavy atom. The molecule has 154 valence electrons. The van der Waals surface area contributed by atoms with Crippen molar-refractivity contribution in [1.29, 1.82) is 0 Å². The molecule has 6 nitrogen and oxygen atoms in total. The van der Waals surface area contributed by atoms with E-state index in [1.54, 1.807) is 24.3 Å². The van der Waals surface area contributed by atoms with Crippen LogP contribution in [0.3, 0.4) is 0 Å². The molecule has 0 atom stereocenters. The Morgan fingerprint density at radius 3 is 2.21 bits per heavy atom. The van der Waals surface area contributed by atoms with E-state index in [9.17, 15) is 9.59 Å². The smallest absolute Gasteiger partial charge is 0.262 e. The van der Waals surface area contributed by atoms with Crippen molar-refractivity contribution >= 4 is 34.8 Å². The molecular weight excluding hydrogens is 390 g/mol. The first-order valence-corrected chi connectivity index (χ1v) is 10.1. The minimum Gasteiger partial charge on any atom is -0.484 e. The van der Waals surface area contributed by atoms with Gasteiger partial charge in [-0.1, -0.05) is 25.4 Å². The van der Waals surface area contributed by atoms with Gasteiger partial charge in [-0.05, 0) is 48.5 Å². The SMILES string of the molecule is CC(C)C(=O)N1CCN(c2ccc(NC(=O)COc3ccc(Cl)cc3)cc2)CC1. The van der Waals surface area contributed by atoms with Gasteiger partial charge >= 0.3 is 0 Å². The monoisotopic (exact) mass is 415 g/mol. The summed E-state index contributed by atoms with van der Waals surface area (Å²) in [4.78, 5) is 28.4. The lowest BCUT2D eigenvalue weighted by Gasteiger charge is -2.37. The second-order valence-electron chi connectivity index (χ2n) is 7.30. The summed E-state index contributed by atoms with van der Waals surface area (Å²) in [7, 11) is 0. The van der Waals surface area contributed by atoms with E-state index in [2.05, 4.69) is 10.2 Å². The molecule has 1 N–H and O–H groups in total. The molecule has 0 bridgehead atoms. The second-order valence-corrected chi connectivity index (χ2v) is 7.74. The molecule has 29 heavy (non-hydrogen) atoms. The molecule has 2 aromatic rings. The lowest BCUT2D eigenvalue weighted by atomic mass is 10.1. The molecule has 1 heterocycles. The van der Waals surface area contributed by atoms with Crippen molar-refractivity contribution < 1.29 is 14.3 Å². The highest BCUT2D eigenvalue weighted by molar-refractivity contribution is 6.30. The maximum absolute atomic E-state index is 12.1. The van der Waals surface area contributed by atoms with Crippen LogP contribution in [0.4, 0.5) is 11.4 Å². The fourth-order valence-electron chi connectivity index (χ4n) is 3.18. The van der Waals surface area contributed by atoms with E-state index < -0.39 is 0 Å². The molecule has 2 aromatic carbocycles. The quantitative estimate of drug-likeness (QED) is 0.782. The van der Waals surface area contributed by atoms with Crippen molar-refractivity contribution in [1.82, 2.24) is 4.90 Å². The van der Waals surface area contributed by atoms with Crippen LogP contribution in [0.1, 0.15) is 13.8 Å². The Hall–Kier alpha value is -2.73. The first kappa shape index (κ1) is 21.0. The maximum atomic E-state index is 12.1. The number of anilines is 2. The zero-order valence-electron chi connectivity index (χ0n) is 16.7. The van der Waals surface area contributed by atoms with Crippen LogP contribution in [0.15, 0.2) is 48.5 Å². The van der Waals surface area contributed by atoms with Crippen molar-refractivity contribution in [2.45, 2.75) is 13.8 Å². The van der Waals surface area contributed by atoms with Crippen LogP contribution in [0, 0.1) is 5.92 Å². The molecule has 7 heteroatoms. The Labute approximate surface area is 176 Å². The average molecular weight is 416 g/mol. The van der Waals surface area contributed by atoms with Crippen LogP contribution in [0.25, 0.3) is 0 Å². The molecule has 1 fully saturated rings. The largest absolute Gasteiger partial charge is 0.484 e. The summed E-state index contributed by atoms with van der Waals surface area (Å²) in [6.45, 7) is 6.87. The molecule has 0 aliphatic carbocycles. The minimum absolute atomic E-state index is 0.0353. The normalized spacial score (nSPS) is 14.1. The summed E-state index contributed by atoms with van der Waals surface area (Å²) in [5.74, 6) is 0.611. The molecule has 1 saturated heterocycles. The van der Waals surface area contributed by atoms with Crippen LogP contribution in [-0.2, 0) is 9.59 Å². The molecule has 0 unspecified atom stereocenters. The van der Waals surface area contributed by atoms with E-state index >= 15 is 0 Å². The molecule has 1 aliphatic heterocycles. The molecule has 2 amide bonds. The molecule has 3 rings (SSSR count). The number of piperazine rings is 1. The first-order chi connectivity index (χ1) is 13.9. The summed E-state index contributed by atoms with van der Waals surface area (Å²) in [6, 6.07) is 14.6. The third kappa shape index (κ3) is 5.87. The van der Waals surface area contributed by atoms with Gasteiger partial charge < -0.3 is 19.9 Å². The zero-order chi connectivity index (χ0) is 20.8. The van der Waals surface area contributed by atoms with E-state index in [4.69, 9.17) is 16.3 Å². The molecular formula is C22H26ClN3O3. The van der Waals surface area contributed by atoms with E-state index in [-0.39, 0.29) is 24.3 Å². The molecule has 0 aromatic heterocycles. The van der Waals surface area contributed by atoms with Gasteiger partial charge in [-0.2, -0.15) is 0 Å². The van der Waals surface area contributed by atoms with Crippen molar-refractivity contribution in [3.8, 4) is 5.75 Å². The average Bonchev–Trinajstić information content (AvgIpc) is 2.73. The number of hydrogen-bond acceptors (Lipinski definition) is 4. The van der Waals surface area contributed by atoms with E-state index in [1.165, 1.54) is 0 Å². The van der Waals surface area contributed by atoms with Gasteiger partial charge in [0.25, 0.3) is 5.91 Å². The topological polar surface area (TPSA) is 61.9 Å².